The minimum Gasteiger partial charge on any atom is -0.278 e. The average molecular weight is 783 g/mol. The van der Waals surface area contributed by atoms with Crippen LogP contribution in [0.2, 0.25) is 0 Å². The van der Waals surface area contributed by atoms with E-state index in [1.807, 2.05) is 6.07 Å². The predicted molar refractivity (Wildman–Crippen MR) is 255 cm³/mol. The van der Waals surface area contributed by atoms with Crippen LogP contribution in [0.15, 0.2) is 200 Å². The van der Waals surface area contributed by atoms with Crippen molar-refractivity contribution in [2.24, 2.45) is 0 Å². The molecule has 9 aromatic carbocycles. The minimum atomic E-state index is 0.0806. The molecule has 4 heteroatoms. The van der Waals surface area contributed by atoms with E-state index in [2.05, 4.69) is 219 Å². The molecule has 0 bridgehead atoms. The molecule has 11 rings (SSSR count). The zero-order chi connectivity index (χ0) is 41.1. The summed E-state index contributed by atoms with van der Waals surface area (Å²) in [6.45, 7) is 6.78. The van der Waals surface area contributed by atoms with Crippen molar-refractivity contribution >= 4 is 43.4 Å². The lowest BCUT2D eigenvalue weighted by molar-refractivity contribution is 0.590. The van der Waals surface area contributed by atoms with Gasteiger partial charge in [-0.25, -0.2) is 4.98 Å². The molecule has 0 saturated heterocycles. The maximum absolute atomic E-state index is 5.39. The van der Waals surface area contributed by atoms with Crippen LogP contribution in [0.1, 0.15) is 26.3 Å². The molecule has 0 spiro atoms. The van der Waals surface area contributed by atoms with E-state index >= 15 is 0 Å². The summed E-state index contributed by atoms with van der Waals surface area (Å²) in [6, 6.07) is 71.5. The lowest BCUT2D eigenvalue weighted by atomic mass is 9.85. The Hall–Kier alpha value is -7.69. The number of aromatic nitrogens is 4. The minimum absolute atomic E-state index is 0.0806. The van der Waals surface area contributed by atoms with E-state index in [1.165, 1.54) is 32.8 Å². The Labute approximate surface area is 355 Å². The first-order valence-corrected chi connectivity index (χ1v) is 20.9. The van der Waals surface area contributed by atoms with Crippen molar-refractivity contribution in [1.29, 1.82) is 0 Å². The van der Waals surface area contributed by atoms with Gasteiger partial charge in [0.15, 0.2) is 11.6 Å². The number of nitrogens with zero attached hydrogens (tertiary/aromatic N) is 4. The second kappa shape index (κ2) is 14.5. The van der Waals surface area contributed by atoms with Crippen LogP contribution < -0.4 is 0 Å². The third-order valence-corrected chi connectivity index (χ3v) is 12.0. The summed E-state index contributed by atoms with van der Waals surface area (Å²) in [4.78, 5) is 16.1. The van der Waals surface area contributed by atoms with Gasteiger partial charge in [-0.3, -0.25) is 4.57 Å². The van der Waals surface area contributed by atoms with Crippen LogP contribution in [0.25, 0.3) is 105 Å². The van der Waals surface area contributed by atoms with Gasteiger partial charge in [0, 0.05) is 21.9 Å². The largest absolute Gasteiger partial charge is 0.278 e. The third kappa shape index (κ3) is 6.45. The fourth-order valence-corrected chi connectivity index (χ4v) is 8.93. The topological polar surface area (TPSA) is 43.6 Å². The van der Waals surface area contributed by atoms with Gasteiger partial charge in [-0.1, -0.05) is 197 Å². The summed E-state index contributed by atoms with van der Waals surface area (Å²) in [7, 11) is 0. The van der Waals surface area contributed by atoms with Crippen molar-refractivity contribution < 1.29 is 0 Å². The highest BCUT2D eigenvalue weighted by atomic mass is 15.2. The van der Waals surface area contributed by atoms with Gasteiger partial charge in [0.25, 0.3) is 0 Å². The molecule has 11 aromatic rings. The van der Waals surface area contributed by atoms with Gasteiger partial charge >= 0.3 is 0 Å². The summed E-state index contributed by atoms with van der Waals surface area (Å²) < 4.78 is 2.21. The van der Waals surface area contributed by atoms with Crippen LogP contribution >= 0.6 is 0 Å². The van der Waals surface area contributed by atoms with Gasteiger partial charge in [-0.15, -0.1) is 0 Å². The molecule has 0 N–H and O–H groups in total. The Kier molecular flexibility index (Phi) is 8.68. The van der Waals surface area contributed by atoms with Gasteiger partial charge in [0.1, 0.15) is 0 Å². The summed E-state index contributed by atoms with van der Waals surface area (Å²) in [6.07, 6.45) is 0. The lowest BCUT2D eigenvalue weighted by Gasteiger charge is -2.19. The first-order chi connectivity index (χ1) is 29.9. The summed E-state index contributed by atoms with van der Waals surface area (Å²) in [5.74, 6) is 1.79. The smallest absolute Gasteiger partial charge is 0.238 e. The molecule has 2 aromatic heterocycles. The summed E-state index contributed by atoms with van der Waals surface area (Å²) >= 11 is 0. The van der Waals surface area contributed by atoms with Crippen LogP contribution in [0.3, 0.4) is 0 Å². The van der Waals surface area contributed by atoms with E-state index in [0.29, 0.717) is 17.6 Å². The van der Waals surface area contributed by atoms with Crippen LogP contribution in [0.5, 0.6) is 0 Å². The zero-order valence-electron chi connectivity index (χ0n) is 34.3. The van der Waals surface area contributed by atoms with Crippen LogP contribution in [0.4, 0.5) is 0 Å². The molecule has 290 valence electrons. The van der Waals surface area contributed by atoms with Crippen LogP contribution in [-0.2, 0) is 5.41 Å². The molecule has 0 fully saturated rings. The van der Waals surface area contributed by atoms with Crippen molar-refractivity contribution in [2.75, 3.05) is 0 Å². The van der Waals surface area contributed by atoms with E-state index in [9.17, 15) is 0 Å². The zero-order valence-corrected chi connectivity index (χ0v) is 34.3. The average Bonchev–Trinajstić information content (AvgIpc) is 3.63. The SMILES string of the molecule is CC(C)(C)c1ccc(-c2cccc3cccc(-c4cccc(-c5nc(-c6ccccc6-c6ccccc6)nc(-n6c7ccccc7c7cc8ccccc8cc76)n5)c4)c23)cc1. The van der Waals surface area contributed by atoms with Crippen molar-refractivity contribution in [3.63, 3.8) is 0 Å². The third-order valence-electron chi connectivity index (χ3n) is 12.0. The first kappa shape index (κ1) is 36.4. The maximum atomic E-state index is 5.39. The Balaban J connectivity index is 1.14. The molecule has 0 aliphatic heterocycles. The standard InChI is InChI=1S/C57H42N4/c1-57(2,3)44-32-30-38(31-33-44)46-27-14-20-39-21-15-28-47(53(39)46)42-22-13-23-43(34-42)54-58-55(49-26-10-9-24-45(49)37-16-5-4-6-17-37)60-56(59-54)61-51-29-12-11-25-48(51)50-35-40-18-7-8-19-41(40)36-52(50)61/h4-36H,1-3H3. The van der Waals surface area contributed by atoms with Crippen molar-refractivity contribution in [3.8, 4) is 62.1 Å². The molecule has 2 heterocycles. The molecule has 4 nitrogen and oxygen atoms in total. The number of rotatable bonds is 6. The molecule has 0 atom stereocenters. The Morgan fingerprint density at radius 3 is 1.69 bits per heavy atom. The van der Waals surface area contributed by atoms with Crippen molar-refractivity contribution in [3.05, 3.63) is 206 Å². The van der Waals surface area contributed by atoms with Crippen molar-refractivity contribution in [1.82, 2.24) is 19.5 Å². The van der Waals surface area contributed by atoms with E-state index < -0.39 is 0 Å². The first-order valence-electron chi connectivity index (χ1n) is 20.9. The highest BCUT2D eigenvalue weighted by molar-refractivity contribution is 6.13. The molecule has 0 saturated carbocycles. The fraction of sp³-hybridized carbons (Fsp3) is 0.0702. The summed E-state index contributed by atoms with van der Waals surface area (Å²) in [5, 5.41) is 7.08. The highest BCUT2D eigenvalue weighted by Crippen LogP contribution is 2.40. The van der Waals surface area contributed by atoms with Gasteiger partial charge < -0.3 is 0 Å². The molecule has 61 heavy (non-hydrogen) atoms. The lowest BCUT2D eigenvalue weighted by Crippen LogP contribution is -2.10. The number of hydrogen-bond donors (Lipinski definition) is 0. The molecule has 0 unspecified atom stereocenters. The molecule has 0 aliphatic carbocycles. The second-order valence-corrected chi connectivity index (χ2v) is 16.9. The van der Waals surface area contributed by atoms with E-state index in [4.69, 9.17) is 15.0 Å². The molecular weight excluding hydrogens is 741 g/mol. The molecule has 0 radical (unpaired) electrons. The monoisotopic (exact) mass is 782 g/mol. The van der Waals surface area contributed by atoms with Crippen molar-refractivity contribution in [2.45, 2.75) is 26.2 Å². The van der Waals surface area contributed by atoms with Gasteiger partial charge in [0.05, 0.1) is 11.0 Å². The molecule has 0 aliphatic rings. The Morgan fingerprint density at radius 1 is 0.361 bits per heavy atom. The second-order valence-electron chi connectivity index (χ2n) is 16.9. The van der Waals surface area contributed by atoms with Gasteiger partial charge in [-0.05, 0) is 90.2 Å². The molecular formula is C57H42N4. The quantitative estimate of drug-likeness (QED) is 0.169. The maximum Gasteiger partial charge on any atom is 0.238 e. The van der Waals surface area contributed by atoms with Gasteiger partial charge in [0.2, 0.25) is 5.95 Å². The predicted octanol–water partition coefficient (Wildman–Crippen LogP) is 14.9. The highest BCUT2D eigenvalue weighted by Gasteiger charge is 2.21. The summed E-state index contributed by atoms with van der Waals surface area (Å²) in [5.41, 5.74) is 12.2. The number of fused-ring (bicyclic) bond motifs is 5. The number of para-hydroxylation sites is 1. The van der Waals surface area contributed by atoms with Gasteiger partial charge in [-0.2, -0.15) is 9.97 Å². The van der Waals surface area contributed by atoms with E-state index in [1.54, 1.807) is 0 Å². The Bertz CT molecular complexity index is 3440. The van der Waals surface area contributed by atoms with E-state index in [0.717, 1.165) is 60.6 Å². The number of benzene rings is 9. The van der Waals surface area contributed by atoms with Crippen LogP contribution in [-0.4, -0.2) is 19.5 Å². The molecule has 0 amide bonds. The normalized spacial score (nSPS) is 11.9. The number of hydrogen-bond acceptors (Lipinski definition) is 3. The van der Waals surface area contributed by atoms with Crippen LogP contribution in [0, 0.1) is 0 Å². The Morgan fingerprint density at radius 2 is 0.918 bits per heavy atom. The fourth-order valence-electron chi connectivity index (χ4n) is 8.93. The van der Waals surface area contributed by atoms with E-state index in [-0.39, 0.29) is 5.41 Å².